The van der Waals surface area contributed by atoms with E-state index < -0.39 is 55.1 Å². The molecular weight excluding hydrogens is 943 g/mol. The number of anilines is 2. The maximum atomic E-state index is 14.5. The molecule has 3 heterocycles. The van der Waals surface area contributed by atoms with Crippen molar-refractivity contribution in [2.45, 2.75) is 84.2 Å². The number of hydrogen-bond acceptors (Lipinski definition) is 14. The summed E-state index contributed by atoms with van der Waals surface area (Å²) in [6.07, 6.45) is 8.46. The summed E-state index contributed by atoms with van der Waals surface area (Å²) in [5, 5.41) is 11.1. The number of aryl methyl sites for hydroxylation is 2. The number of ketones is 3. The van der Waals surface area contributed by atoms with Crippen molar-refractivity contribution >= 4 is 84.9 Å². The fourth-order valence-corrected chi connectivity index (χ4v) is 9.55. The number of alkyl halides is 1. The molecule has 1 unspecified atom stereocenters. The molecular formula is C47H52ClFN6O11S2. The molecule has 2 amide bonds. The van der Waals surface area contributed by atoms with Gasteiger partial charge in [-0.3, -0.25) is 39.0 Å². The summed E-state index contributed by atoms with van der Waals surface area (Å²) in [7, 11) is -2.06. The Balaban J connectivity index is 0.000000193. The van der Waals surface area contributed by atoms with Crippen LogP contribution in [0.1, 0.15) is 74.3 Å². The summed E-state index contributed by atoms with van der Waals surface area (Å²) >= 11 is 7.00. The van der Waals surface area contributed by atoms with Crippen LogP contribution in [0.15, 0.2) is 58.4 Å². The third-order valence-corrected chi connectivity index (χ3v) is 13.3. The number of ether oxygens (including phenoxy) is 2. The van der Waals surface area contributed by atoms with E-state index in [9.17, 15) is 46.9 Å². The van der Waals surface area contributed by atoms with Crippen molar-refractivity contribution in [2.24, 2.45) is 16.3 Å². The van der Waals surface area contributed by atoms with Crippen LogP contribution in [0, 0.1) is 46.5 Å². The van der Waals surface area contributed by atoms with E-state index in [0.29, 0.717) is 29.3 Å². The fraction of sp³-hybridized carbons (Fsp3) is 0.426. The fourth-order valence-electron chi connectivity index (χ4n) is 8.02. The van der Waals surface area contributed by atoms with Crippen molar-refractivity contribution in [3.8, 4) is 18.1 Å². The number of sulfone groups is 1. The van der Waals surface area contributed by atoms with Gasteiger partial charge < -0.3 is 18.9 Å². The maximum absolute atomic E-state index is 14.5. The number of aromatic nitrogens is 2. The standard InChI is InChI=1S/C18H17FN4O2S.C15H22ClNO2.C14H13NO7S/c1-4-5-22-13-7-12(11(19)6-14(13)25-9-16(22)24)20-17-23-10-18(2,3)8-15(23)21-26-17;1-5-13-8-6-7-11(2)15(13)17(14(18)9-16)12(3)10-19-4;1-23(21,22)8-5-6-9(10(7-8)15(19)20)14(18)13-11(16)3-2-4-12(13)17/h1,6-7H,5,8-10H2,2-3H3;6-8,12H,5,9-10H2,1-4H3;5-7,13H,2-4H2,1H3/b20-17-;;. The van der Waals surface area contributed by atoms with E-state index in [1.807, 2.05) is 30.5 Å². The smallest absolute Gasteiger partial charge is 0.281 e. The maximum Gasteiger partial charge on any atom is 0.281 e. The molecule has 3 aromatic carbocycles. The molecule has 0 radical (unpaired) electrons. The Hall–Kier alpha value is -6.14. The second kappa shape index (κ2) is 22.3. The number of carbonyl (C=O) groups excluding carboxylic acids is 5. The van der Waals surface area contributed by atoms with Gasteiger partial charge in [-0.2, -0.15) is 4.37 Å². The number of hydrogen-bond donors (Lipinski definition) is 0. The van der Waals surface area contributed by atoms with Crippen LogP contribution >= 0.6 is 23.1 Å². The average molecular weight is 996 g/mol. The van der Waals surface area contributed by atoms with Gasteiger partial charge in [0.1, 0.15) is 29.1 Å². The van der Waals surface area contributed by atoms with Crippen molar-refractivity contribution in [3.63, 3.8) is 0 Å². The average Bonchev–Trinajstić information content (AvgIpc) is 3.79. The Labute approximate surface area is 402 Å². The Morgan fingerprint density at radius 3 is 2.47 bits per heavy atom. The minimum Gasteiger partial charge on any atom is -0.481 e. The number of rotatable bonds is 12. The number of carbonyl (C=O) groups is 5. The predicted octanol–water partition coefficient (Wildman–Crippen LogP) is 6.54. The molecule has 0 bridgehead atoms. The van der Waals surface area contributed by atoms with Crippen LogP contribution in [0.5, 0.6) is 5.75 Å². The van der Waals surface area contributed by atoms with Crippen LogP contribution in [-0.2, 0) is 53.1 Å². The highest BCUT2D eigenvalue weighted by molar-refractivity contribution is 7.90. The first-order valence-electron chi connectivity index (χ1n) is 21.4. The number of nitrogens with zero attached hydrogens (tertiary/aromatic N) is 6. The van der Waals surface area contributed by atoms with Crippen LogP contribution in [0.3, 0.4) is 0 Å². The van der Waals surface area contributed by atoms with Crippen LogP contribution in [0.4, 0.5) is 27.1 Å². The molecule has 0 N–H and O–H groups in total. The van der Waals surface area contributed by atoms with E-state index in [0.717, 1.165) is 66.5 Å². The van der Waals surface area contributed by atoms with Crippen LogP contribution in [0.2, 0.25) is 0 Å². The van der Waals surface area contributed by atoms with Gasteiger partial charge >= 0.3 is 0 Å². The SMILES string of the molecule is C#CCN1C(=O)COc2cc(F)c(/N=c3\snc4n3CC(C)(C)C4)cc21.CCc1cccc(C)c1N(C(=O)CCl)C(C)COC.CS(=O)(=O)c1ccc(C(=O)C2C(=O)CCCC2=O)c([N+](=O)[O-])c1. The number of fused-ring (bicyclic) bond motifs is 2. The van der Waals surface area contributed by atoms with E-state index in [4.69, 9.17) is 27.5 Å². The molecule has 21 heteroatoms. The molecule has 1 saturated carbocycles. The van der Waals surface area contributed by atoms with Crippen molar-refractivity contribution < 1.29 is 51.2 Å². The van der Waals surface area contributed by atoms with Crippen LogP contribution in [-0.4, -0.2) is 96.5 Å². The lowest BCUT2D eigenvalue weighted by atomic mass is 9.81. The Bertz CT molecular complexity index is 2860. The number of amides is 2. The number of methoxy groups -OCH3 is 1. The molecule has 1 fully saturated rings. The third kappa shape index (κ3) is 12.1. The van der Waals surface area contributed by atoms with E-state index >= 15 is 0 Å². The van der Waals surface area contributed by atoms with Gasteiger partial charge in [0.2, 0.25) is 10.7 Å². The molecule has 7 rings (SSSR count). The number of halogens is 2. The summed E-state index contributed by atoms with van der Waals surface area (Å²) in [6.45, 7) is 11.6. The Kier molecular flexibility index (Phi) is 17.3. The monoisotopic (exact) mass is 994 g/mol. The van der Waals surface area contributed by atoms with Gasteiger partial charge in [-0.05, 0) is 61.4 Å². The number of Topliss-reactive ketones (excluding diaryl/α,β-unsaturated/α-hetero) is 3. The van der Waals surface area contributed by atoms with E-state index in [2.05, 4.69) is 42.1 Å². The van der Waals surface area contributed by atoms with E-state index in [1.165, 1.54) is 28.6 Å². The number of benzene rings is 3. The van der Waals surface area contributed by atoms with Gasteiger partial charge in [0.15, 0.2) is 39.6 Å². The number of nitro groups is 1. The minimum absolute atomic E-state index is 0.0223. The van der Waals surface area contributed by atoms with Crippen molar-refractivity contribution in [3.05, 3.63) is 91.8 Å². The normalized spacial score (nSPS) is 16.0. The first-order chi connectivity index (χ1) is 32.1. The minimum atomic E-state index is -3.70. The number of para-hydroxylation sites is 1. The summed E-state index contributed by atoms with van der Waals surface area (Å²) < 4.78 is 54.5. The van der Waals surface area contributed by atoms with Gasteiger partial charge in [0, 0.05) is 62.8 Å². The highest BCUT2D eigenvalue weighted by Gasteiger charge is 2.39. The molecule has 1 aromatic heterocycles. The molecule has 1 atom stereocenters. The largest absolute Gasteiger partial charge is 0.481 e. The Morgan fingerprint density at radius 1 is 1.18 bits per heavy atom. The molecule has 17 nitrogen and oxygen atoms in total. The van der Waals surface area contributed by atoms with E-state index in [1.54, 1.807) is 12.0 Å². The molecule has 0 spiro atoms. The zero-order valence-electron chi connectivity index (χ0n) is 38.7. The predicted molar refractivity (Wildman–Crippen MR) is 254 cm³/mol. The van der Waals surface area contributed by atoms with Gasteiger partial charge in [0.05, 0.1) is 46.0 Å². The van der Waals surface area contributed by atoms with Gasteiger partial charge in [0.25, 0.3) is 11.6 Å². The summed E-state index contributed by atoms with van der Waals surface area (Å²) in [5.41, 5.74) is 2.72. The Morgan fingerprint density at radius 2 is 1.87 bits per heavy atom. The second-order valence-electron chi connectivity index (χ2n) is 17.1. The summed E-state index contributed by atoms with van der Waals surface area (Å²) in [5.74, 6) is -0.801. The van der Waals surface area contributed by atoms with Crippen LogP contribution in [0.25, 0.3) is 0 Å². The molecule has 4 aromatic rings. The van der Waals surface area contributed by atoms with Crippen molar-refractivity contribution in [1.29, 1.82) is 0 Å². The lowest BCUT2D eigenvalue weighted by Gasteiger charge is -2.31. The molecule has 3 aliphatic rings. The molecule has 1 aliphatic carbocycles. The number of nitro benzene ring substituents is 1. The molecule has 2 aliphatic heterocycles. The third-order valence-electron chi connectivity index (χ3n) is 11.2. The first-order valence-corrected chi connectivity index (χ1v) is 24.6. The lowest BCUT2D eigenvalue weighted by molar-refractivity contribution is -0.385. The second-order valence-corrected chi connectivity index (χ2v) is 20.1. The van der Waals surface area contributed by atoms with Gasteiger partial charge in [-0.15, -0.1) is 18.0 Å². The molecule has 362 valence electrons. The van der Waals surface area contributed by atoms with E-state index in [-0.39, 0.29) is 65.7 Å². The van der Waals surface area contributed by atoms with Crippen molar-refractivity contribution in [2.75, 3.05) is 48.8 Å². The molecule has 0 saturated heterocycles. The first kappa shape index (κ1) is 52.8. The van der Waals surface area contributed by atoms with Gasteiger partial charge in [-0.1, -0.05) is 44.9 Å². The van der Waals surface area contributed by atoms with Crippen LogP contribution < -0.4 is 19.3 Å². The lowest BCUT2D eigenvalue weighted by Crippen LogP contribution is -2.43. The quantitative estimate of drug-likeness (QED) is 0.0369. The highest BCUT2D eigenvalue weighted by Crippen LogP contribution is 2.38. The topological polar surface area (TPSA) is 218 Å². The van der Waals surface area contributed by atoms with Crippen molar-refractivity contribution in [1.82, 2.24) is 8.94 Å². The highest BCUT2D eigenvalue weighted by atomic mass is 35.5. The van der Waals surface area contributed by atoms with Gasteiger partial charge in [-0.25, -0.2) is 17.8 Å². The summed E-state index contributed by atoms with van der Waals surface area (Å²) in [4.78, 5) is 78.5. The number of terminal acetylenes is 1. The molecule has 68 heavy (non-hydrogen) atoms. The zero-order valence-corrected chi connectivity index (χ0v) is 41.1. The summed E-state index contributed by atoms with van der Waals surface area (Å²) in [6, 6.07) is 11.6. The zero-order chi connectivity index (χ0) is 50.2.